The highest BCUT2D eigenvalue weighted by atomic mass is 35.5. The van der Waals surface area contributed by atoms with Crippen LogP contribution in [0.25, 0.3) is 0 Å². The number of ether oxygens (including phenoxy) is 2. The second kappa shape index (κ2) is 9.00. The number of non-ortho nitro benzene ring substituents is 1. The topological polar surface area (TPSA) is 108 Å². The number of nitro groups is 1. The van der Waals surface area contributed by atoms with Crippen molar-refractivity contribution >= 4 is 34.9 Å². The van der Waals surface area contributed by atoms with E-state index in [0.29, 0.717) is 5.75 Å². The molecule has 0 aliphatic heterocycles. The molecule has 0 aromatic heterocycles. The Bertz CT molecular complexity index is 884. The van der Waals surface area contributed by atoms with Crippen molar-refractivity contribution in [1.29, 1.82) is 0 Å². The minimum atomic E-state index is -0.710. The number of aryl methyl sites for hydroxylation is 2. The molecule has 0 aliphatic rings. The van der Waals surface area contributed by atoms with E-state index in [1.54, 1.807) is 12.1 Å². The van der Waals surface area contributed by atoms with Crippen molar-refractivity contribution in [3.63, 3.8) is 0 Å². The zero-order valence-corrected chi connectivity index (χ0v) is 15.4. The molecule has 142 valence electrons. The quantitative estimate of drug-likeness (QED) is 0.439. The normalized spacial score (nSPS) is 10.2. The monoisotopic (exact) mass is 392 g/mol. The number of anilines is 1. The third-order valence-corrected chi connectivity index (χ3v) is 3.95. The summed E-state index contributed by atoms with van der Waals surface area (Å²) in [4.78, 5) is 33.6. The average Bonchev–Trinajstić information content (AvgIpc) is 2.62. The molecule has 0 bridgehead atoms. The summed E-state index contributed by atoms with van der Waals surface area (Å²) in [6, 6.07) is 9.01. The molecule has 0 heterocycles. The number of hydrogen-bond acceptors (Lipinski definition) is 6. The third kappa shape index (κ3) is 5.96. The van der Waals surface area contributed by atoms with Crippen LogP contribution in [0.15, 0.2) is 36.4 Å². The molecule has 2 aromatic rings. The molecule has 2 aromatic carbocycles. The Labute approximate surface area is 160 Å². The van der Waals surface area contributed by atoms with Crippen LogP contribution in [0.4, 0.5) is 11.4 Å². The third-order valence-electron chi connectivity index (χ3n) is 3.64. The Hall–Kier alpha value is -3.13. The largest absolute Gasteiger partial charge is 0.482 e. The molecule has 0 atom stereocenters. The van der Waals surface area contributed by atoms with Crippen molar-refractivity contribution < 1.29 is 24.0 Å². The van der Waals surface area contributed by atoms with E-state index in [1.165, 1.54) is 12.1 Å². The predicted molar refractivity (Wildman–Crippen MR) is 99.1 cm³/mol. The highest BCUT2D eigenvalue weighted by Gasteiger charge is 2.13. The molecular formula is C18H17ClN2O6. The Morgan fingerprint density at radius 1 is 1.11 bits per heavy atom. The van der Waals surface area contributed by atoms with Crippen LogP contribution in [0.1, 0.15) is 11.1 Å². The first kappa shape index (κ1) is 20.2. The Morgan fingerprint density at radius 2 is 1.85 bits per heavy atom. The van der Waals surface area contributed by atoms with E-state index in [0.717, 1.165) is 17.2 Å². The van der Waals surface area contributed by atoms with Crippen LogP contribution in [-0.4, -0.2) is 30.0 Å². The summed E-state index contributed by atoms with van der Waals surface area (Å²) < 4.78 is 10.1. The molecule has 1 N–H and O–H groups in total. The first-order valence-electron chi connectivity index (χ1n) is 7.85. The van der Waals surface area contributed by atoms with Crippen molar-refractivity contribution in [2.24, 2.45) is 0 Å². The maximum Gasteiger partial charge on any atom is 0.344 e. The fourth-order valence-corrected chi connectivity index (χ4v) is 2.26. The molecular weight excluding hydrogens is 376 g/mol. The van der Waals surface area contributed by atoms with Crippen LogP contribution in [0.3, 0.4) is 0 Å². The minimum absolute atomic E-state index is 0.00181. The second-order valence-corrected chi connectivity index (χ2v) is 6.07. The van der Waals surface area contributed by atoms with Crippen LogP contribution < -0.4 is 10.1 Å². The highest BCUT2D eigenvalue weighted by molar-refractivity contribution is 6.34. The Kier molecular flexibility index (Phi) is 6.73. The molecule has 0 aliphatic carbocycles. The van der Waals surface area contributed by atoms with Crippen LogP contribution in [0.2, 0.25) is 5.02 Å². The Morgan fingerprint density at radius 3 is 2.48 bits per heavy atom. The lowest BCUT2D eigenvalue weighted by Crippen LogP contribution is -2.23. The van der Waals surface area contributed by atoms with Gasteiger partial charge in [-0.3, -0.25) is 14.9 Å². The second-order valence-electron chi connectivity index (χ2n) is 5.66. The van der Waals surface area contributed by atoms with Gasteiger partial charge in [0.15, 0.2) is 13.2 Å². The lowest BCUT2D eigenvalue weighted by molar-refractivity contribution is -0.384. The van der Waals surface area contributed by atoms with Gasteiger partial charge < -0.3 is 14.8 Å². The maximum absolute atomic E-state index is 11.8. The van der Waals surface area contributed by atoms with Gasteiger partial charge in [0, 0.05) is 12.1 Å². The van der Waals surface area contributed by atoms with Gasteiger partial charge in [0.05, 0.1) is 15.6 Å². The van der Waals surface area contributed by atoms with Crippen molar-refractivity contribution in [3.05, 3.63) is 62.7 Å². The van der Waals surface area contributed by atoms with E-state index in [4.69, 9.17) is 21.1 Å². The SMILES string of the molecule is Cc1ccc(OCC(=O)OCC(=O)Nc2ccc([N+](=O)[O-])cc2Cl)cc1C. The van der Waals surface area contributed by atoms with Crippen LogP contribution in [0.5, 0.6) is 5.75 Å². The summed E-state index contributed by atoms with van der Waals surface area (Å²) in [7, 11) is 0. The summed E-state index contributed by atoms with van der Waals surface area (Å²) >= 11 is 5.87. The summed E-state index contributed by atoms with van der Waals surface area (Å²) in [6.07, 6.45) is 0. The van der Waals surface area contributed by atoms with Gasteiger partial charge in [0.2, 0.25) is 0 Å². The first-order valence-corrected chi connectivity index (χ1v) is 8.23. The summed E-state index contributed by atoms with van der Waals surface area (Å²) in [5.74, 6) is -0.819. The zero-order chi connectivity index (χ0) is 20.0. The van der Waals surface area contributed by atoms with Crippen LogP contribution in [-0.2, 0) is 14.3 Å². The zero-order valence-electron chi connectivity index (χ0n) is 14.7. The standard InChI is InChI=1S/C18H17ClN2O6/c1-11-3-5-14(7-12(11)2)26-10-18(23)27-9-17(22)20-16-6-4-13(21(24)25)8-15(16)19/h3-8H,9-10H2,1-2H3,(H,20,22). The number of nitro benzene ring substituents is 1. The molecule has 0 fully saturated rings. The fourth-order valence-electron chi connectivity index (χ4n) is 2.04. The predicted octanol–water partition coefficient (Wildman–Crippen LogP) is 3.43. The number of rotatable bonds is 7. The number of halogens is 1. The number of esters is 1. The van der Waals surface area contributed by atoms with Crippen molar-refractivity contribution in [2.75, 3.05) is 18.5 Å². The van der Waals surface area contributed by atoms with Crippen LogP contribution >= 0.6 is 11.6 Å². The fraction of sp³-hybridized carbons (Fsp3) is 0.222. The molecule has 2 rings (SSSR count). The summed E-state index contributed by atoms with van der Waals surface area (Å²) in [5.41, 5.74) is 2.11. The molecule has 0 unspecified atom stereocenters. The van der Waals surface area contributed by atoms with Gasteiger partial charge in [-0.2, -0.15) is 0 Å². The van der Waals surface area contributed by atoms with Crippen molar-refractivity contribution in [1.82, 2.24) is 0 Å². The number of benzene rings is 2. The van der Waals surface area contributed by atoms with Gasteiger partial charge in [-0.15, -0.1) is 0 Å². The van der Waals surface area contributed by atoms with E-state index in [-0.39, 0.29) is 23.0 Å². The number of nitrogens with one attached hydrogen (secondary N) is 1. The van der Waals surface area contributed by atoms with Gasteiger partial charge in [-0.1, -0.05) is 17.7 Å². The summed E-state index contributed by atoms with van der Waals surface area (Å²) in [5, 5.41) is 13.1. The molecule has 0 saturated heterocycles. The van der Waals surface area contributed by atoms with E-state index < -0.39 is 23.4 Å². The van der Waals surface area contributed by atoms with Gasteiger partial charge >= 0.3 is 5.97 Å². The number of carbonyl (C=O) groups is 2. The van der Waals surface area contributed by atoms with Crippen LogP contribution in [0, 0.1) is 24.0 Å². The maximum atomic E-state index is 11.8. The highest BCUT2D eigenvalue weighted by Crippen LogP contribution is 2.26. The van der Waals surface area contributed by atoms with E-state index in [9.17, 15) is 19.7 Å². The average molecular weight is 393 g/mol. The molecule has 0 radical (unpaired) electrons. The molecule has 8 nitrogen and oxygen atoms in total. The van der Waals surface area contributed by atoms with Gasteiger partial charge in [-0.25, -0.2) is 4.79 Å². The minimum Gasteiger partial charge on any atom is -0.482 e. The smallest absolute Gasteiger partial charge is 0.344 e. The molecule has 1 amide bonds. The number of amides is 1. The number of hydrogen-bond donors (Lipinski definition) is 1. The number of carbonyl (C=O) groups excluding carboxylic acids is 2. The van der Waals surface area contributed by atoms with E-state index in [1.807, 2.05) is 19.9 Å². The van der Waals surface area contributed by atoms with Gasteiger partial charge in [-0.05, 0) is 43.2 Å². The Balaban J connectivity index is 1.80. The van der Waals surface area contributed by atoms with Crippen molar-refractivity contribution in [3.8, 4) is 5.75 Å². The molecule has 9 heteroatoms. The molecule has 27 heavy (non-hydrogen) atoms. The molecule has 0 spiro atoms. The molecule has 0 saturated carbocycles. The van der Waals surface area contributed by atoms with Gasteiger partial charge in [0.25, 0.3) is 11.6 Å². The van der Waals surface area contributed by atoms with E-state index in [2.05, 4.69) is 5.32 Å². The lowest BCUT2D eigenvalue weighted by atomic mass is 10.1. The lowest BCUT2D eigenvalue weighted by Gasteiger charge is -2.09. The number of nitrogens with zero attached hydrogens (tertiary/aromatic N) is 1. The van der Waals surface area contributed by atoms with Gasteiger partial charge in [0.1, 0.15) is 5.75 Å². The van der Waals surface area contributed by atoms with Crippen molar-refractivity contribution in [2.45, 2.75) is 13.8 Å². The summed E-state index contributed by atoms with van der Waals surface area (Å²) in [6.45, 7) is 3.01. The first-order chi connectivity index (χ1) is 12.8. The van der Waals surface area contributed by atoms with E-state index >= 15 is 0 Å².